The van der Waals surface area contributed by atoms with Crippen LogP contribution in [0.1, 0.15) is 0 Å². The zero-order valence-corrected chi connectivity index (χ0v) is 6.65. The van der Waals surface area contributed by atoms with Gasteiger partial charge in [-0.3, -0.25) is 0 Å². The molecule has 0 aromatic carbocycles. The van der Waals surface area contributed by atoms with Gasteiger partial charge < -0.3 is 5.73 Å². The molecule has 5 heteroatoms. The van der Waals surface area contributed by atoms with Crippen molar-refractivity contribution in [2.24, 2.45) is 0 Å². The van der Waals surface area contributed by atoms with E-state index in [-0.39, 0.29) is 5.28 Å². The van der Waals surface area contributed by atoms with Gasteiger partial charge in [0.15, 0.2) is 0 Å². The van der Waals surface area contributed by atoms with Crippen LogP contribution in [0.2, 0.25) is 5.28 Å². The summed E-state index contributed by atoms with van der Waals surface area (Å²) in [6.45, 7) is 0. The molecule has 0 aliphatic carbocycles. The number of nitrogen functional groups attached to an aromatic ring is 1. The van der Waals surface area contributed by atoms with E-state index in [1.165, 1.54) is 0 Å². The molecule has 48 valence electrons. The van der Waals surface area contributed by atoms with Crippen molar-refractivity contribution in [2.45, 2.75) is 0 Å². The molecule has 0 fully saturated rings. The first-order valence-corrected chi connectivity index (χ1v) is 3.31. The largest absolute Gasteiger partial charge is 0.384 e. The van der Waals surface area contributed by atoms with Gasteiger partial charge in [-0.05, 0) is 27.5 Å². The third-order valence-corrected chi connectivity index (χ3v) is 1.26. The van der Waals surface area contributed by atoms with Crippen molar-refractivity contribution < 1.29 is 0 Å². The summed E-state index contributed by atoms with van der Waals surface area (Å²) in [5.74, 6) is 0.363. The highest BCUT2D eigenvalue weighted by Gasteiger charge is 1.94. The quantitative estimate of drug-likeness (QED) is 0.519. The minimum atomic E-state index is 0.155. The molecule has 0 amide bonds. The molecule has 0 bridgehead atoms. The monoisotopic (exact) mass is 207 g/mol. The van der Waals surface area contributed by atoms with Crippen LogP contribution in [0.5, 0.6) is 0 Å². The molecular weight excluding hydrogens is 205 g/mol. The van der Waals surface area contributed by atoms with Crippen LogP contribution in [-0.4, -0.2) is 9.97 Å². The molecule has 2 N–H and O–H groups in total. The number of anilines is 1. The van der Waals surface area contributed by atoms with Gasteiger partial charge in [0.1, 0.15) is 10.4 Å². The highest BCUT2D eigenvalue weighted by atomic mass is 79.9. The molecule has 3 nitrogen and oxygen atoms in total. The van der Waals surface area contributed by atoms with Gasteiger partial charge in [0.05, 0.1) is 0 Å². The standard InChI is InChI=1S/C4H3BrClN3/c5-2-1-3(7)9-4(6)8-2/h1H,(H2,7,8,9). The number of rotatable bonds is 0. The molecule has 1 aromatic rings. The summed E-state index contributed by atoms with van der Waals surface area (Å²) >= 11 is 8.52. The number of halogens is 2. The Hall–Kier alpha value is -0.350. The molecule has 1 heterocycles. The zero-order valence-electron chi connectivity index (χ0n) is 4.31. The Morgan fingerprint density at radius 2 is 2.22 bits per heavy atom. The average molecular weight is 208 g/mol. The van der Waals surface area contributed by atoms with E-state index in [1.807, 2.05) is 0 Å². The van der Waals surface area contributed by atoms with Crippen LogP contribution in [0.25, 0.3) is 0 Å². The van der Waals surface area contributed by atoms with Crippen LogP contribution in [0.15, 0.2) is 10.7 Å². The highest BCUT2D eigenvalue weighted by molar-refractivity contribution is 9.10. The molecule has 0 aliphatic rings. The topological polar surface area (TPSA) is 51.8 Å². The Labute approximate surface area is 65.4 Å². The molecule has 1 aromatic heterocycles. The van der Waals surface area contributed by atoms with Gasteiger partial charge in [-0.2, -0.15) is 0 Å². The molecule has 0 aliphatic heterocycles. The zero-order chi connectivity index (χ0) is 6.85. The van der Waals surface area contributed by atoms with Gasteiger partial charge >= 0.3 is 0 Å². The van der Waals surface area contributed by atoms with E-state index < -0.39 is 0 Å². The summed E-state index contributed by atoms with van der Waals surface area (Å²) in [7, 11) is 0. The SMILES string of the molecule is Nc1cc(Br)nc(Cl)n1. The van der Waals surface area contributed by atoms with Crippen molar-refractivity contribution in [1.29, 1.82) is 0 Å². The Bertz CT molecular complexity index is 177. The fourth-order valence-corrected chi connectivity index (χ4v) is 1.10. The summed E-state index contributed by atoms with van der Waals surface area (Å²) in [5.41, 5.74) is 5.29. The first kappa shape index (κ1) is 6.77. The molecule has 0 atom stereocenters. The third kappa shape index (κ3) is 1.80. The number of nitrogens with two attached hydrogens (primary N) is 1. The lowest BCUT2D eigenvalue weighted by Crippen LogP contribution is -1.91. The van der Waals surface area contributed by atoms with Crippen LogP contribution in [-0.2, 0) is 0 Å². The van der Waals surface area contributed by atoms with E-state index in [2.05, 4.69) is 25.9 Å². The van der Waals surface area contributed by atoms with Crippen LogP contribution < -0.4 is 5.73 Å². The van der Waals surface area contributed by atoms with Crippen molar-refractivity contribution in [2.75, 3.05) is 5.73 Å². The predicted molar refractivity (Wildman–Crippen MR) is 39.2 cm³/mol. The molecule has 0 unspecified atom stereocenters. The maximum atomic E-state index is 5.42. The minimum absolute atomic E-state index is 0.155. The summed E-state index contributed by atoms with van der Waals surface area (Å²) < 4.78 is 0.597. The number of aromatic nitrogens is 2. The average Bonchev–Trinajstić information content (AvgIpc) is 1.59. The number of hydrogen-bond acceptors (Lipinski definition) is 3. The second-order valence-corrected chi connectivity index (χ2v) is 2.54. The summed E-state index contributed by atoms with van der Waals surface area (Å²) in [4.78, 5) is 7.36. The number of nitrogens with zero attached hydrogens (tertiary/aromatic N) is 2. The van der Waals surface area contributed by atoms with Gasteiger partial charge in [-0.1, -0.05) is 0 Å². The van der Waals surface area contributed by atoms with Gasteiger partial charge in [-0.25, -0.2) is 9.97 Å². The van der Waals surface area contributed by atoms with Gasteiger partial charge in [-0.15, -0.1) is 0 Å². The van der Waals surface area contributed by atoms with Crippen LogP contribution in [0, 0.1) is 0 Å². The normalized spacial score (nSPS) is 9.56. The van der Waals surface area contributed by atoms with Crippen molar-refractivity contribution in [3.8, 4) is 0 Å². The molecule has 0 radical (unpaired) electrons. The number of hydrogen-bond donors (Lipinski definition) is 1. The maximum absolute atomic E-state index is 5.42. The first-order valence-electron chi connectivity index (χ1n) is 2.14. The molecule has 9 heavy (non-hydrogen) atoms. The second-order valence-electron chi connectivity index (χ2n) is 1.38. The van der Waals surface area contributed by atoms with Crippen LogP contribution >= 0.6 is 27.5 Å². The lowest BCUT2D eigenvalue weighted by Gasteiger charge is -1.92. The van der Waals surface area contributed by atoms with E-state index in [9.17, 15) is 0 Å². The smallest absolute Gasteiger partial charge is 0.225 e. The Morgan fingerprint density at radius 1 is 1.56 bits per heavy atom. The predicted octanol–water partition coefficient (Wildman–Crippen LogP) is 1.47. The summed E-state index contributed by atoms with van der Waals surface area (Å²) in [5, 5.41) is 0.155. The fourth-order valence-electron chi connectivity index (χ4n) is 0.406. The second kappa shape index (κ2) is 2.49. The molecule has 0 spiro atoms. The first-order chi connectivity index (χ1) is 4.18. The molecular formula is C4H3BrClN3. The van der Waals surface area contributed by atoms with Crippen molar-refractivity contribution in [3.63, 3.8) is 0 Å². The van der Waals surface area contributed by atoms with Gasteiger partial charge in [0.2, 0.25) is 5.28 Å². The van der Waals surface area contributed by atoms with Crippen molar-refractivity contribution >= 4 is 33.3 Å². The highest BCUT2D eigenvalue weighted by Crippen LogP contribution is 2.11. The van der Waals surface area contributed by atoms with Crippen LogP contribution in [0.3, 0.4) is 0 Å². The van der Waals surface area contributed by atoms with Crippen LogP contribution in [0.4, 0.5) is 5.82 Å². The van der Waals surface area contributed by atoms with Crippen molar-refractivity contribution in [1.82, 2.24) is 9.97 Å². The van der Waals surface area contributed by atoms with E-state index >= 15 is 0 Å². The third-order valence-electron chi connectivity index (χ3n) is 0.687. The molecule has 1 rings (SSSR count). The van der Waals surface area contributed by atoms with E-state index in [0.717, 1.165) is 0 Å². The molecule has 0 saturated heterocycles. The Balaban J connectivity index is 3.17. The summed E-state index contributed by atoms with van der Waals surface area (Å²) in [6, 6.07) is 1.58. The lowest BCUT2D eigenvalue weighted by atomic mass is 10.6. The van der Waals surface area contributed by atoms with Gasteiger partial charge in [0, 0.05) is 6.07 Å². The summed E-state index contributed by atoms with van der Waals surface area (Å²) in [6.07, 6.45) is 0. The molecule has 0 saturated carbocycles. The van der Waals surface area contributed by atoms with Gasteiger partial charge in [0.25, 0.3) is 0 Å². The minimum Gasteiger partial charge on any atom is -0.384 e. The van der Waals surface area contributed by atoms with E-state index in [4.69, 9.17) is 17.3 Å². The fraction of sp³-hybridized carbons (Fsp3) is 0. The van der Waals surface area contributed by atoms with E-state index in [1.54, 1.807) is 6.07 Å². The Morgan fingerprint density at radius 3 is 2.67 bits per heavy atom. The maximum Gasteiger partial charge on any atom is 0.225 e. The lowest BCUT2D eigenvalue weighted by molar-refractivity contribution is 1.15. The van der Waals surface area contributed by atoms with E-state index in [0.29, 0.717) is 10.4 Å². The van der Waals surface area contributed by atoms with Crippen molar-refractivity contribution in [3.05, 3.63) is 16.0 Å². The Kier molecular flexibility index (Phi) is 1.87.